The monoisotopic (exact) mass is 324 g/mol. The quantitative estimate of drug-likeness (QED) is 0.875. The molecule has 3 rings (SSSR count). The fourth-order valence-electron chi connectivity index (χ4n) is 3.60. The number of benzene rings is 2. The van der Waals surface area contributed by atoms with Crippen LogP contribution in [0.3, 0.4) is 0 Å². The van der Waals surface area contributed by atoms with Gasteiger partial charge in [-0.05, 0) is 38.1 Å². The van der Waals surface area contributed by atoms with Crippen LogP contribution in [-0.4, -0.2) is 39.3 Å². The number of hydrogen-bond acceptors (Lipinski definition) is 2. The van der Waals surface area contributed by atoms with Crippen molar-refractivity contribution in [2.45, 2.75) is 20.4 Å². The molecule has 3 nitrogen and oxygen atoms in total. The second kappa shape index (κ2) is 8.20. The molecule has 3 heteroatoms. The van der Waals surface area contributed by atoms with E-state index >= 15 is 0 Å². The predicted octanol–water partition coefficient (Wildman–Crippen LogP) is 2.44. The maximum atomic E-state index is 2.51. The van der Waals surface area contributed by atoms with Crippen molar-refractivity contribution in [2.24, 2.45) is 0 Å². The minimum absolute atomic E-state index is 1.07. The summed E-state index contributed by atoms with van der Waals surface area (Å²) in [6.45, 7) is 12.4. The lowest BCUT2D eigenvalue weighted by Gasteiger charge is -2.33. The standard InChI is InChI=1S/C21H29N3/c1-3-23(4-2)21-12-10-19(11-13-21)18-22-14-16-24(17-15-22)20-8-6-5-7-9-20/h5-13H,3-4,14-18H2,1-2H3/p+1. The molecule has 2 aromatic carbocycles. The second-order valence-electron chi connectivity index (χ2n) is 6.59. The molecule has 1 aliphatic rings. The normalized spacial score (nSPS) is 15.5. The van der Waals surface area contributed by atoms with Gasteiger partial charge in [0.2, 0.25) is 0 Å². The van der Waals surface area contributed by atoms with Crippen LogP contribution in [-0.2, 0) is 6.54 Å². The molecule has 2 aromatic rings. The third-order valence-electron chi connectivity index (χ3n) is 5.11. The molecule has 0 bridgehead atoms. The fourth-order valence-corrected chi connectivity index (χ4v) is 3.60. The van der Waals surface area contributed by atoms with Gasteiger partial charge in [0.25, 0.3) is 0 Å². The number of piperazine rings is 1. The third kappa shape index (κ3) is 4.09. The Hall–Kier alpha value is -2.00. The lowest BCUT2D eigenvalue weighted by Crippen LogP contribution is -3.13. The van der Waals surface area contributed by atoms with E-state index < -0.39 is 0 Å². The van der Waals surface area contributed by atoms with Gasteiger partial charge in [0.05, 0.1) is 26.2 Å². The average molecular weight is 324 g/mol. The Morgan fingerprint density at radius 1 is 0.875 bits per heavy atom. The number of rotatable bonds is 6. The number of nitrogens with one attached hydrogen (secondary N) is 1. The molecule has 0 unspecified atom stereocenters. The van der Waals surface area contributed by atoms with E-state index in [0.717, 1.165) is 32.7 Å². The molecular formula is C21H30N3+. The van der Waals surface area contributed by atoms with E-state index in [0.29, 0.717) is 0 Å². The van der Waals surface area contributed by atoms with Gasteiger partial charge >= 0.3 is 0 Å². The zero-order chi connectivity index (χ0) is 16.8. The summed E-state index contributed by atoms with van der Waals surface area (Å²) in [5.74, 6) is 0. The van der Waals surface area contributed by atoms with Gasteiger partial charge in [0.15, 0.2) is 0 Å². The highest BCUT2D eigenvalue weighted by Crippen LogP contribution is 2.15. The Labute approximate surface area is 146 Å². The van der Waals surface area contributed by atoms with Crippen molar-refractivity contribution in [3.05, 3.63) is 60.2 Å². The Morgan fingerprint density at radius 2 is 1.50 bits per heavy atom. The number of nitrogens with zero attached hydrogens (tertiary/aromatic N) is 2. The number of quaternary nitrogens is 1. The first-order valence-electron chi connectivity index (χ1n) is 9.27. The van der Waals surface area contributed by atoms with Crippen molar-refractivity contribution >= 4 is 11.4 Å². The molecule has 1 heterocycles. The van der Waals surface area contributed by atoms with Crippen LogP contribution >= 0.6 is 0 Å². The molecule has 24 heavy (non-hydrogen) atoms. The van der Waals surface area contributed by atoms with Crippen molar-refractivity contribution in [1.82, 2.24) is 0 Å². The van der Waals surface area contributed by atoms with Gasteiger partial charge in [-0.15, -0.1) is 0 Å². The number of anilines is 2. The molecule has 1 aliphatic heterocycles. The molecule has 0 aromatic heterocycles. The minimum Gasteiger partial charge on any atom is -0.372 e. The highest BCUT2D eigenvalue weighted by atomic mass is 15.3. The van der Waals surface area contributed by atoms with Crippen molar-refractivity contribution < 1.29 is 4.90 Å². The van der Waals surface area contributed by atoms with Crippen LogP contribution in [0, 0.1) is 0 Å². The first kappa shape index (κ1) is 16.8. The first-order chi connectivity index (χ1) is 11.8. The SMILES string of the molecule is CCN(CC)c1ccc(C[NH+]2CCN(c3ccccc3)CC2)cc1. The Kier molecular flexibility index (Phi) is 5.76. The van der Waals surface area contributed by atoms with Crippen molar-refractivity contribution in [2.75, 3.05) is 49.1 Å². The molecule has 0 aliphatic carbocycles. The topological polar surface area (TPSA) is 10.9 Å². The van der Waals surface area contributed by atoms with E-state index in [-0.39, 0.29) is 0 Å². The molecule has 128 valence electrons. The van der Waals surface area contributed by atoms with Gasteiger partial charge in [0.1, 0.15) is 6.54 Å². The minimum atomic E-state index is 1.07. The zero-order valence-corrected chi connectivity index (χ0v) is 15.0. The van der Waals surface area contributed by atoms with Crippen molar-refractivity contribution in [3.8, 4) is 0 Å². The molecule has 0 radical (unpaired) electrons. The van der Waals surface area contributed by atoms with Crippen LogP contribution in [0.1, 0.15) is 19.4 Å². The number of para-hydroxylation sites is 1. The maximum Gasteiger partial charge on any atom is 0.103 e. The van der Waals surface area contributed by atoms with Gasteiger partial charge in [0, 0.05) is 30.0 Å². The van der Waals surface area contributed by atoms with E-state index in [2.05, 4.69) is 78.2 Å². The molecule has 0 spiro atoms. The molecule has 0 atom stereocenters. The summed E-state index contributed by atoms with van der Waals surface area (Å²) in [6, 6.07) is 20.0. The summed E-state index contributed by atoms with van der Waals surface area (Å²) in [6.07, 6.45) is 0. The van der Waals surface area contributed by atoms with E-state index in [1.807, 2.05) is 0 Å². The Bertz CT molecular complexity index is 597. The van der Waals surface area contributed by atoms with E-state index in [4.69, 9.17) is 0 Å². The van der Waals surface area contributed by atoms with Gasteiger partial charge in [-0.25, -0.2) is 0 Å². The van der Waals surface area contributed by atoms with Gasteiger partial charge in [-0.2, -0.15) is 0 Å². The fraction of sp³-hybridized carbons (Fsp3) is 0.429. The van der Waals surface area contributed by atoms with E-state index in [1.54, 1.807) is 4.90 Å². The first-order valence-corrected chi connectivity index (χ1v) is 9.27. The smallest absolute Gasteiger partial charge is 0.103 e. The molecule has 1 fully saturated rings. The van der Waals surface area contributed by atoms with E-state index in [1.165, 1.54) is 30.0 Å². The summed E-state index contributed by atoms with van der Waals surface area (Å²) >= 11 is 0. The highest BCUT2D eigenvalue weighted by molar-refractivity contribution is 5.47. The lowest BCUT2D eigenvalue weighted by atomic mass is 10.1. The van der Waals surface area contributed by atoms with Gasteiger partial charge in [-0.1, -0.05) is 30.3 Å². The van der Waals surface area contributed by atoms with Gasteiger partial charge < -0.3 is 14.7 Å². The zero-order valence-electron chi connectivity index (χ0n) is 15.0. The maximum absolute atomic E-state index is 2.51. The summed E-state index contributed by atoms with van der Waals surface area (Å²) < 4.78 is 0. The molecule has 1 N–H and O–H groups in total. The average Bonchev–Trinajstić information content (AvgIpc) is 2.65. The van der Waals surface area contributed by atoms with Crippen molar-refractivity contribution in [1.29, 1.82) is 0 Å². The second-order valence-corrected chi connectivity index (χ2v) is 6.59. The summed E-state index contributed by atoms with van der Waals surface area (Å²) in [5.41, 5.74) is 4.15. The van der Waals surface area contributed by atoms with Crippen LogP contribution in [0.2, 0.25) is 0 Å². The van der Waals surface area contributed by atoms with Crippen LogP contribution in [0.4, 0.5) is 11.4 Å². The van der Waals surface area contributed by atoms with Crippen LogP contribution in [0.15, 0.2) is 54.6 Å². The van der Waals surface area contributed by atoms with Crippen LogP contribution in [0.5, 0.6) is 0 Å². The third-order valence-corrected chi connectivity index (χ3v) is 5.11. The lowest BCUT2D eigenvalue weighted by molar-refractivity contribution is -0.914. The highest BCUT2D eigenvalue weighted by Gasteiger charge is 2.20. The predicted molar refractivity (Wildman–Crippen MR) is 103 cm³/mol. The Balaban J connectivity index is 1.53. The summed E-state index contributed by atoms with van der Waals surface area (Å²) in [4.78, 5) is 6.60. The largest absolute Gasteiger partial charge is 0.372 e. The van der Waals surface area contributed by atoms with Crippen LogP contribution in [0.25, 0.3) is 0 Å². The number of hydrogen-bond donors (Lipinski definition) is 1. The molecule has 0 saturated carbocycles. The van der Waals surface area contributed by atoms with Crippen molar-refractivity contribution in [3.63, 3.8) is 0 Å². The molecule has 1 saturated heterocycles. The summed E-state index contributed by atoms with van der Waals surface area (Å²) in [7, 11) is 0. The summed E-state index contributed by atoms with van der Waals surface area (Å²) in [5, 5.41) is 0. The molecule has 0 amide bonds. The molecular weight excluding hydrogens is 294 g/mol. The Morgan fingerprint density at radius 3 is 2.08 bits per heavy atom. The van der Waals surface area contributed by atoms with Crippen LogP contribution < -0.4 is 14.7 Å². The van der Waals surface area contributed by atoms with E-state index in [9.17, 15) is 0 Å². The van der Waals surface area contributed by atoms with Gasteiger partial charge in [-0.3, -0.25) is 0 Å².